The van der Waals surface area contributed by atoms with E-state index in [1.54, 1.807) is 6.92 Å². The molecule has 0 aliphatic heterocycles. The van der Waals surface area contributed by atoms with Crippen molar-refractivity contribution in [3.05, 3.63) is 11.3 Å². The van der Waals surface area contributed by atoms with E-state index < -0.39 is 0 Å². The Morgan fingerprint density at radius 1 is 1.25 bits per heavy atom. The Labute approximate surface area is 121 Å². The summed E-state index contributed by atoms with van der Waals surface area (Å²) in [5.41, 5.74) is 0.493. The van der Waals surface area contributed by atoms with Crippen molar-refractivity contribution in [2.75, 3.05) is 13.2 Å². The molecule has 0 amide bonds. The molecule has 1 atom stereocenters. The van der Waals surface area contributed by atoms with Crippen LogP contribution in [-0.2, 0) is 14.3 Å². The van der Waals surface area contributed by atoms with Gasteiger partial charge in [0.15, 0.2) is 0 Å². The number of aliphatic hydroxyl groups is 1. The van der Waals surface area contributed by atoms with Crippen LogP contribution in [0.4, 0.5) is 0 Å². The summed E-state index contributed by atoms with van der Waals surface area (Å²) in [4.78, 5) is 12.0. The second kappa shape index (κ2) is 6.61. The predicted octanol–water partition coefficient (Wildman–Crippen LogP) is 3.51. The van der Waals surface area contributed by atoms with Gasteiger partial charge in [0.1, 0.15) is 5.76 Å². The molecule has 114 valence electrons. The van der Waals surface area contributed by atoms with Gasteiger partial charge in [-0.3, -0.25) is 0 Å². The quantitative estimate of drug-likeness (QED) is 0.802. The predicted molar refractivity (Wildman–Crippen MR) is 76.5 cm³/mol. The molecule has 1 spiro atoms. The largest absolute Gasteiger partial charge is 0.512 e. The number of esters is 1. The van der Waals surface area contributed by atoms with E-state index in [1.807, 2.05) is 6.92 Å². The van der Waals surface area contributed by atoms with Gasteiger partial charge in [-0.1, -0.05) is 19.3 Å². The third kappa shape index (κ3) is 3.00. The first kappa shape index (κ1) is 15.4. The van der Waals surface area contributed by atoms with E-state index in [2.05, 4.69) is 0 Å². The molecule has 1 fully saturated rings. The number of carbonyl (C=O) groups excluding carboxylic acids is 1. The van der Waals surface area contributed by atoms with Crippen LogP contribution in [-0.4, -0.2) is 30.4 Å². The molecule has 1 saturated carbocycles. The van der Waals surface area contributed by atoms with E-state index >= 15 is 0 Å². The maximum Gasteiger partial charge on any atom is 0.337 e. The van der Waals surface area contributed by atoms with Gasteiger partial charge in [-0.15, -0.1) is 0 Å². The van der Waals surface area contributed by atoms with Gasteiger partial charge in [0, 0.05) is 18.4 Å². The lowest BCUT2D eigenvalue weighted by Crippen LogP contribution is -2.43. The minimum absolute atomic E-state index is 0.0165. The summed E-state index contributed by atoms with van der Waals surface area (Å²) in [5.74, 6) is -0.192. The molecule has 0 aromatic carbocycles. The Kier molecular flexibility index (Phi) is 5.08. The highest BCUT2D eigenvalue weighted by Crippen LogP contribution is 2.50. The normalized spacial score (nSPS) is 25.8. The maximum atomic E-state index is 12.0. The highest BCUT2D eigenvalue weighted by Gasteiger charge is 2.46. The van der Waals surface area contributed by atoms with Gasteiger partial charge in [-0.2, -0.15) is 0 Å². The topological polar surface area (TPSA) is 55.8 Å². The molecular weight excluding hydrogens is 256 g/mol. The zero-order valence-corrected chi connectivity index (χ0v) is 12.6. The SMILES string of the molecule is CCOC(=O)C1=C(O)C[C@@H](OCC)C2(CCCCC2)C1. The summed E-state index contributed by atoms with van der Waals surface area (Å²) in [5, 5.41) is 10.2. The summed E-state index contributed by atoms with van der Waals surface area (Å²) in [6.45, 7) is 4.77. The van der Waals surface area contributed by atoms with Crippen LogP contribution in [0.25, 0.3) is 0 Å². The van der Waals surface area contributed by atoms with Crippen molar-refractivity contribution in [3.8, 4) is 0 Å². The van der Waals surface area contributed by atoms with Crippen molar-refractivity contribution < 1.29 is 19.4 Å². The third-order valence-electron chi connectivity index (χ3n) is 4.68. The molecule has 0 aromatic heterocycles. The number of aliphatic hydroxyl groups excluding tert-OH is 1. The van der Waals surface area contributed by atoms with E-state index in [1.165, 1.54) is 19.3 Å². The Bertz CT molecular complexity index is 380. The average molecular weight is 282 g/mol. The zero-order valence-electron chi connectivity index (χ0n) is 12.6. The van der Waals surface area contributed by atoms with E-state index in [9.17, 15) is 9.90 Å². The van der Waals surface area contributed by atoms with Gasteiger partial charge in [0.05, 0.1) is 18.3 Å². The number of hydrogen-bond donors (Lipinski definition) is 1. The highest BCUT2D eigenvalue weighted by molar-refractivity contribution is 5.89. The van der Waals surface area contributed by atoms with E-state index in [-0.39, 0.29) is 23.2 Å². The van der Waals surface area contributed by atoms with Crippen molar-refractivity contribution in [1.29, 1.82) is 0 Å². The van der Waals surface area contributed by atoms with Gasteiger partial charge < -0.3 is 14.6 Å². The van der Waals surface area contributed by atoms with Crippen LogP contribution in [0.2, 0.25) is 0 Å². The highest BCUT2D eigenvalue weighted by atomic mass is 16.5. The molecule has 0 unspecified atom stereocenters. The lowest BCUT2D eigenvalue weighted by atomic mass is 9.63. The van der Waals surface area contributed by atoms with Crippen LogP contribution in [0.5, 0.6) is 0 Å². The Hall–Kier alpha value is -1.03. The zero-order chi connectivity index (χ0) is 14.6. The van der Waals surface area contributed by atoms with Crippen LogP contribution >= 0.6 is 0 Å². The van der Waals surface area contributed by atoms with E-state index in [0.717, 1.165) is 12.8 Å². The van der Waals surface area contributed by atoms with Crippen LogP contribution in [0.1, 0.15) is 58.8 Å². The molecule has 2 aliphatic carbocycles. The first-order chi connectivity index (χ1) is 9.63. The molecular formula is C16H26O4. The molecule has 4 nitrogen and oxygen atoms in total. The Balaban J connectivity index is 2.24. The summed E-state index contributed by atoms with van der Waals surface area (Å²) in [6.07, 6.45) is 6.85. The monoisotopic (exact) mass is 282 g/mol. The van der Waals surface area contributed by atoms with Crippen LogP contribution in [0.3, 0.4) is 0 Å². The Morgan fingerprint density at radius 3 is 2.55 bits per heavy atom. The van der Waals surface area contributed by atoms with Gasteiger partial charge in [-0.25, -0.2) is 4.79 Å². The second-order valence-electron chi connectivity index (χ2n) is 5.89. The number of rotatable bonds is 4. The lowest BCUT2D eigenvalue weighted by molar-refractivity contribution is -0.141. The average Bonchev–Trinajstić information content (AvgIpc) is 2.44. The van der Waals surface area contributed by atoms with Gasteiger partial charge in [0.25, 0.3) is 0 Å². The fourth-order valence-electron chi connectivity index (χ4n) is 3.68. The first-order valence-corrected chi connectivity index (χ1v) is 7.82. The molecule has 0 saturated heterocycles. The molecule has 0 radical (unpaired) electrons. The molecule has 1 N–H and O–H groups in total. The number of carbonyl (C=O) groups is 1. The van der Waals surface area contributed by atoms with Crippen molar-refractivity contribution in [2.24, 2.45) is 5.41 Å². The minimum Gasteiger partial charge on any atom is -0.512 e. The second-order valence-corrected chi connectivity index (χ2v) is 5.89. The summed E-state index contributed by atoms with van der Waals surface area (Å²) in [6, 6.07) is 0. The molecule has 0 heterocycles. The third-order valence-corrected chi connectivity index (χ3v) is 4.68. The van der Waals surface area contributed by atoms with Gasteiger partial charge >= 0.3 is 5.97 Å². The van der Waals surface area contributed by atoms with E-state index in [0.29, 0.717) is 31.6 Å². The fourth-order valence-corrected chi connectivity index (χ4v) is 3.68. The Morgan fingerprint density at radius 2 is 1.95 bits per heavy atom. The summed E-state index contributed by atoms with van der Waals surface area (Å²) < 4.78 is 11.0. The number of ether oxygens (including phenoxy) is 2. The smallest absolute Gasteiger partial charge is 0.337 e. The van der Waals surface area contributed by atoms with Crippen molar-refractivity contribution in [2.45, 2.75) is 64.9 Å². The lowest BCUT2D eigenvalue weighted by Gasteiger charge is -2.46. The summed E-state index contributed by atoms with van der Waals surface area (Å²) >= 11 is 0. The fraction of sp³-hybridized carbons (Fsp3) is 0.812. The van der Waals surface area contributed by atoms with Crippen LogP contribution in [0.15, 0.2) is 11.3 Å². The molecule has 20 heavy (non-hydrogen) atoms. The van der Waals surface area contributed by atoms with Gasteiger partial charge in [-0.05, 0) is 33.1 Å². The molecule has 2 aliphatic rings. The van der Waals surface area contributed by atoms with Crippen molar-refractivity contribution in [1.82, 2.24) is 0 Å². The minimum atomic E-state index is -0.357. The van der Waals surface area contributed by atoms with Crippen molar-refractivity contribution in [3.63, 3.8) is 0 Å². The first-order valence-electron chi connectivity index (χ1n) is 7.82. The summed E-state index contributed by atoms with van der Waals surface area (Å²) in [7, 11) is 0. The molecule has 2 rings (SSSR count). The van der Waals surface area contributed by atoms with Crippen LogP contribution in [0, 0.1) is 5.41 Å². The van der Waals surface area contributed by atoms with Crippen molar-refractivity contribution >= 4 is 5.97 Å². The van der Waals surface area contributed by atoms with E-state index in [4.69, 9.17) is 9.47 Å². The molecule has 0 aromatic rings. The van der Waals surface area contributed by atoms with Crippen LogP contribution < -0.4 is 0 Å². The molecule has 0 bridgehead atoms. The molecule has 4 heteroatoms. The maximum absolute atomic E-state index is 12.0. The number of hydrogen-bond acceptors (Lipinski definition) is 4. The van der Waals surface area contributed by atoms with Gasteiger partial charge in [0.2, 0.25) is 0 Å². The standard InChI is InChI=1S/C16H26O4/c1-3-19-14-10-13(17)12(15(18)20-4-2)11-16(14)8-6-5-7-9-16/h14,17H,3-11H2,1-2H3/t14-/m1/s1.